The number of benzene rings is 1. The fourth-order valence-electron chi connectivity index (χ4n) is 1.91. The van der Waals surface area contributed by atoms with Gasteiger partial charge in [-0.05, 0) is 33.6 Å². The molecular formula is C14H16BrFN2S. The molecule has 2 nitrogen and oxygen atoms in total. The number of nitrogens with zero attached hydrogens (tertiary/aromatic N) is 1. The van der Waals surface area contributed by atoms with Gasteiger partial charge in [0.05, 0.1) is 10.2 Å². The van der Waals surface area contributed by atoms with Gasteiger partial charge in [-0.2, -0.15) is 0 Å². The molecule has 0 bridgehead atoms. The number of rotatable bonds is 2. The van der Waals surface area contributed by atoms with Crippen LogP contribution >= 0.6 is 27.3 Å². The van der Waals surface area contributed by atoms with Crippen LogP contribution < -0.4 is 5.73 Å². The fraction of sp³-hybridized carbons (Fsp3) is 0.357. The summed E-state index contributed by atoms with van der Waals surface area (Å²) in [5.41, 5.74) is 7.85. The second-order valence-electron chi connectivity index (χ2n) is 5.50. The Morgan fingerprint density at radius 3 is 2.63 bits per heavy atom. The van der Waals surface area contributed by atoms with Crippen LogP contribution in [0.5, 0.6) is 0 Å². The highest BCUT2D eigenvalue weighted by Gasteiger charge is 2.22. The molecule has 0 radical (unpaired) electrons. The van der Waals surface area contributed by atoms with Crippen molar-refractivity contribution in [3.8, 4) is 0 Å². The molecule has 0 atom stereocenters. The Hall–Kier alpha value is -0.940. The topological polar surface area (TPSA) is 38.9 Å². The lowest BCUT2D eigenvalue weighted by Crippen LogP contribution is -2.14. The van der Waals surface area contributed by atoms with Gasteiger partial charge < -0.3 is 5.73 Å². The maximum Gasteiger partial charge on any atom is 0.180 e. The molecule has 0 aliphatic rings. The van der Waals surface area contributed by atoms with Gasteiger partial charge in [-0.25, -0.2) is 9.37 Å². The zero-order valence-electron chi connectivity index (χ0n) is 11.1. The molecule has 2 rings (SSSR count). The predicted molar refractivity (Wildman–Crippen MR) is 82.1 cm³/mol. The summed E-state index contributed by atoms with van der Waals surface area (Å²) in [5.74, 6) is -0.247. The number of halogens is 2. The van der Waals surface area contributed by atoms with Crippen molar-refractivity contribution in [2.45, 2.75) is 32.6 Å². The van der Waals surface area contributed by atoms with E-state index in [9.17, 15) is 4.39 Å². The van der Waals surface area contributed by atoms with E-state index in [0.717, 1.165) is 22.6 Å². The van der Waals surface area contributed by atoms with Crippen molar-refractivity contribution in [2.24, 2.45) is 0 Å². The molecule has 0 saturated carbocycles. The van der Waals surface area contributed by atoms with Gasteiger partial charge in [-0.15, -0.1) is 11.3 Å². The molecule has 0 spiro atoms. The summed E-state index contributed by atoms with van der Waals surface area (Å²) in [7, 11) is 0. The maximum absolute atomic E-state index is 13.2. The average molecular weight is 343 g/mol. The van der Waals surface area contributed by atoms with Crippen LogP contribution in [-0.4, -0.2) is 4.98 Å². The molecule has 0 amide bonds. The maximum atomic E-state index is 13.2. The number of anilines is 1. The average Bonchev–Trinajstić information content (AvgIpc) is 2.65. The molecule has 0 aliphatic heterocycles. The van der Waals surface area contributed by atoms with Crippen LogP contribution in [0.15, 0.2) is 22.7 Å². The molecular weight excluding hydrogens is 327 g/mol. The van der Waals surface area contributed by atoms with Gasteiger partial charge in [0.15, 0.2) is 5.13 Å². The first kappa shape index (κ1) is 14.5. The Bertz CT molecular complexity index is 602. The smallest absolute Gasteiger partial charge is 0.180 e. The standard InChI is InChI=1S/C14H16BrFN2S/c1-14(2,3)12-11(19-13(17)18-12)7-8-4-5-10(16)9(15)6-8/h4-6H,7H2,1-3H3,(H2,17,18). The minimum atomic E-state index is -0.247. The second-order valence-corrected chi connectivity index (χ2v) is 7.47. The van der Waals surface area contributed by atoms with Crippen molar-refractivity contribution >= 4 is 32.4 Å². The molecule has 0 unspecified atom stereocenters. The first-order valence-electron chi connectivity index (χ1n) is 5.97. The minimum absolute atomic E-state index is 0.0410. The van der Waals surface area contributed by atoms with Crippen molar-refractivity contribution in [3.63, 3.8) is 0 Å². The number of thiazole rings is 1. The van der Waals surface area contributed by atoms with E-state index in [1.54, 1.807) is 12.1 Å². The van der Waals surface area contributed by atoms with E-state index in [0.29, 0.717) is 9.60 Å². The van der Waals surface area contributed by atoms with Crippen LogP contribution in [0.2, 0.25) is 0 Å². The highest BCUT2D eigenvalue weighted by atomic mass is 79.9. The largest absolute Gasteiger partial charge is 0.375 e. The molecule has 19 heavy (non-hydrogen) atoms. The quantitative estimate of drug-likeness (QED) is 0.871. The van der Waals surface area contributed by atoms with E-state index >= 15 is 0 Å². The Labute approximate surface area is 125 Å². The number of hydrogen-bond donors (Lipinski definition) is 1. The molecule has 2 aromatic rings. The van der Waals surface area contributed by atoms with Crippen LogP contribution in [0.3, 0.4) is 0 Å². The lowest BCUT2D eigenvalue weighted by Gasteiger charge is -2.17. The van der Waals surface area contributed by atoms with Gasteiger partial charge in [0.2, 0.25) is 0 Å². The third kappa shape index (κ3) is 3.34. The molecule has 5 heteroatoms. The summed E-state index contributed by atoms with van der Waals surface area (Å²) in [4.78, 5) is 5.57. The van der Waals surface area contributed by atoms with Crippen molar-refractivity contribution in [2.75, 3.05) is 5.73 Å². The SMILES string of the molecule is CC(C)(C)c1nc(N)sc1Cc1ccc(F)c(Br)c1. The Morgan fingerprint density at radius 1 is 1.37 bits per heavy atom. The van der Waals surface area contributed by atoms with Crippen molar-refractivity contribution in [3.05, 3.63) is 44.6 Å². The Balaban J connectivity index is 2.35. The van der Waals surface area contributed by atoms with Crippen LogP contribution in [0, 0.1) is 5.82 Å². The van der Waals surface area contributed by atoms with Gasteiger partial charge in [0.25, 0.3) is 0 Å². The third-order valence-electron chi connectivity index (χ3n) is 2.77. The van der Waals surface area contributed by atoms with E-state index in [2.05, 4.69) is 41.7 Å². The van der Waals surface area contributed by atoms with Crippen LogP contribution in [0.25, 0.3) is 0 Å². The van der Waals surface area contributed by atoms with E-state index in [4.69, 9.17) is 5.73 Å². The fourth-order valence-corrected chi connectivity index (χ4v) is 3.41. The lowest BCUT2D eigenvalue weighted by atomic mass is 9.90. The van der Waals surface area contributed by atoms with Crippen molar-refractivity contribution in [1.82, 2.24) is 4.98 Å². The van der Waals surface area contributed by atoms with Crippen LogP contribution in [0.4, 0.5) is 9.52 Å². The molecule has 0 saturated heterocycles. The summed E-state index contributed by atoms with van der Waals surface area (Å²) in [6.45, 7) is 6.35. The van der Waals surface area contributed by atoms with Crippen LogP contribution in [-0.2, 0) is 11.8 Å². The van der Waals surface area contributed by atoms with E-state index in [-0.39, 0.29) is 11.2 Å². The summed E-state index contributed by atoms with van der Waals surface area (Å²) in [6.07, 6.45) is 0.723. The molecule has 0 fully saturated rings. The predicted octanol–water partition coefficient (Wildman–Crippen LogP) is 4.52. The number of aromatic nitrogens is 1. The Kier molecular flexibility index (Phi) is 3.97. The summed E-state index contributed by atoms with van der Waals surface area (Å²) in [6, 6.07) is 5.07. The van der Waals surface area contributed by atoms with Crippen LogP contribution in [0.1, 0.15) is 36.9 Å². The minimum Gasteiger partial charge on any atom is -0.375 e. The molecule has 102 valence electrons. The first-order chi connectivity index (χ1) is 8.77. The van der Waals surface area contributed by atoms with Crippen molar-refractivity contribution in [1.29, 1.82) is 0 Å². The molecule has 1 heterocycles. The second kappa shape index (κ2) is 5.21. The number of nitrogens with two attached hydrogens (primary N) is 1. The van der Waals surface area contributed by atoms with Crippen molar-refractivity contribution < 1.29 is 4.39 Å². The van der Waals surface area contributed by atoms with Gasteiger partial charge in [0, 0.05) is 16.7 Å². The zero-order valence-corrected chi connectivity index (χ0v) is 13.5. The Morgan fingerprint density at radius 2 is 2.05 bits per heavy atom. The normalized spacial score (nSPS) is 11.8. The van der Waals surface area contributed by atoms with E-state index < -0.39 is 0 Å². The molecule has 2 N–H and O–H groups in total. The summed E-state index contributed by atoms with van der Waals surface area (Å²) in [5, 5.41) is 0.584. The van der Waals surface area contributed by atoms with Gasteiger partial charge in [-0.1, -0.05) is 26.8 Å². The van der Waals surface area contributed by atoms with Gasteiger partial charge in [0.1, 0.15) is 5.82 Å². The first-order valence-corrected chi connectivity index (χ1v) is 7.58. The zero-order chi connectivity index (χ0) is 14.2. The van der Waals surface area contributed by atoms with E-state index in [1.165, 1.54) is 17.4 Å². The van der Waals surface area contributed by atoms with E-state index in [1.807, 2.05) is 0 Å². The molecule has 1 aromatic carbocycles. The number of nitrogen functional groups attached to an aromatic ring is 1. The lowest BCUT2D eigenvalue weighted by molar-refractivity contribution is 0.568. The summed E-state index contributed by atoms with van der Waals surface area (Å²) < 4.78 is 13.7. The third-order valence-corrected chi connectivity index (χ3v) is 4.27. The van der Waals surface area contributed by atoms with Gasteiger partial charge in [-0.3, -0.25) is 0 Å². The molecule has 1 aromatic heterocycles. The summed E-state index contributed by atoms with van der Waals surface area (Å²) >= 11 is 4.71. The van der Waals surface area contributed by atoms with Gasteiger partial charge >= 0.3 is 0 Å². The highest BCUT2D eigenvalue weighted by Crippen LogP contribution is 2.32. The molecule has 0 aliphatic carbocycles. The monoisotopic (exact) mass is 342 g/mol. The highest BCUT2D eigenvalue weighted by molar-refractivity contribution is 9.10. The number of hydrogen-bond acceptors (Lipinski definition) is 3.